The zero-order valence-electron chi connectivity index (χ0n) is 16.2. The van der Waals surface area contributed by atoms with Gasteiger partial charge < -0.3 is 19.9 Å². The van der Waals surface area contributed by atoms with Crippen molar-refractivity contribution in [2.75, 3.05) is 24.5 Å². The number of carbonyl (C=O) groups excluding carboxylic acids is 1. The number of aromatic amines is 1. The smallest absolute Gasteiger partial charge is 0.347 e. The lowest BCUT2D eigenvalue weighted by Crippen LogP contribution is -2.61. The van der Waals surface area contributed by atoms with Crippen LogP contribution < -0.4 is 4.90 Å². The Hall–Kier alpha value is -2.13. The Bertz CT molecular complexity index is 875. The van der Waals surface area contributed by atoms with Gasteiger partial charge in [0.25, 0.3) is 5.91 Å². The van der Waals surface area contributed by atoms with Crippen molar-refractivity contribution in [2.24, 2.45) is 0 Å². The number of carboxylic acids is 1. The average Bonchev–Trinajstić information content (AvgIpc) is 3.22. The van der Waals surface area contributed by atoms with Crippen LogP contribution in [0, 0.1) is 0 Å². The molecule has 0 bridgehead atoms. The van der Waals surface area contributed by atoms with E-state index >= 15 is 0 Å². The van der Waals surface area contributed by atoms with E-state index in [0.717, 1.165) is 12.1 Å². The van der Waals surface area contributed by atoms with Crippen LogP contribution >= 0.6 is 22.9 Å². The molecule has 28 heavy (non-hydrogen) atoms. The number of aromatic carboxylic acids is 1. The summed E-state index contributed by atoms with van der Waals surface area (Å²) in [5, 5.41) is 10.4. The van der Waals surface area contributed by atoms with Gasteiger partial charge in [0.15, 0.2) is 16.1 Å². The highest BCUT2D eigenvalue weighted by molar-refractivity contribution is 7.17. The number of nitrogens with zero attached hydrogens (tertiary/aromatic N) is 4. The van der Waals surface area contributed by atoms with Gasteiger partial charge in [-0.2, -0.15) is 0 Å². The Morgan fingerprint density at radius 2 is 2.00 bits per heavy atom. The standard InChI is InChI=1S/C18H24ClN5O3S/c1-4-7-24(16(25)15-20-12(6-3)14(19)22-15)10-8-23(9-10)18-21-11(5-2)13(28-18)17(26)27/h10H,4-9H2,1-3H3,(H,20,22)(H,26,27). The molecule has 1 saturated heterocycles. The molecule has 0 saturated carbocycles. The van der Waals surface area contributed by atoms with Crippen LogP contribution in [0.3, 0.4) is 0 Å². The number of hydrogen-bond donors (Lipinski definition) is 2. The fraction of sp³-hybridized carbons (Fsp3) is 0.556. The molecule has 2 N–H and O–H groups in total. The number of anilines is 1. The van der Waals surface area contributed by atoms with Crippen molar-refractivity contribution in [2.45, 2.75) is 46.1 Å². The predicted molar refractivity (Wildman–Crippen MR) is 109 cm³/mol. The molecule has 1 aliphatic heterocycles. The highest BCUT2D eigenvalue weighted by Gasteiger charge is 2.37. The number of hydrogen-bond acceptors (Lipinski definition) is 6. The zero-order chi connectivity index (χ0) is 20.4. The number of aromatic nitrogens is 3. The van der Waals surface area contributed by atoms with E-state index in [1.807, 2.05) is 30.6 Å². The van der Waals surface area contributed by atoms with Crippen LogP contribution in [-0.2, 0) is 12.8 Å². The number of imidazole rings is 1. The van der Waals surface area contributed by atoms with Gasteiger partial charge in [0, 0.05) is 19.6 Å². The number of carbonyl (C=O) groups is 2. The number of nitrogens with one attached hydrogen (secondary N) is 1. The number of thiazole rings is 1. The third kappa shape index (κ3) is 3.86. The molecule has 0 atom stereocenters. The van der Waals surface area contributed by atoms with Gasteiger partial charge in [0.2, 0.25) is 0 Å². The number of carboxylic acid groups (broad SMARTS) is 1. The van der Waals surface area contributed by atoms with E-state index in [9.17, 15) is 14.7 Å². The normalized spacial score (nSPS) is 14.2. The largest absolute Gasteiger partial charge is 0.477 e. The summed E-state index contributed by atoms with van der Waals surface area (Å²) in [7, 11) is 0. The molecule has 1 fully saturated rings. The van der Waals surface area contributed by atoms with E-state index in [2.05, 4.69) is 15.0 Å². The molecule has 8 nitrogen and oxygen atoms in total. The molecule has 1 aliphatic rings. The molecule has 1 amide bonds. The lowest BCUT2D eigenvalue weighted by molar-refractivity contribution is 0.0632. The first-order valence-corrected chi connectivity index (χ1v) is 10.6. The van der Waals surface area contributed by atoms with Crippen LogP contribution in [-0.4, -0.2) is 62.5 Å². The van der Waals surface area contributed by atoms with Gasteiger partial charge >= 0.3 is 5.97 Å². The first-order chi connectivity index (χ1) is 13.4. The Kier molecular flexibility index (Phi) is 6.24. The van der Waals surface area contributed by atoms with E-state index in [1.54, 1.807) is 0 Å². The number of halogens is 1. The summed E-state index contributed by atoms with van der Waals surface area (Å²) in [4.78, 5) is 40.1. The number of amides is 1. The fourth-order valence-electron chi connectivity index (χ4n) is 3.24. The molecule has 0 radical (unpaired) electrons. The molecular formula is C18H24ClN5O3S. The number of H-pyrrole nitrogens is 1. The fourth-order valence-corrected chi connectivity index (χ4v) is 4.52. The zero-order valence-corrected chi connectivity index (χ0v) is 17.7. The maximum atomic E-state index is 13.0. The van der Waals surface area contributed by atoms with E-state index in [4.69, 9.17) is 11.6 Å². The van der Waals surface area contributed by atoms with Crippen molar-refractivity contribution >= 4 is 39.9 Å². The van der Waals surface area contributed by atoms with Crippen molar-refractivity contribution in [3.63, 3.8) is 0 Å². The van der Waals surface area contributed by atoms with Gasteiger partial charge in [-0.15, -0.1) is 0 Å². The number of aryl methyl sites for hydroxylation is 2. The van der Waals surface area contributed by atoms with Crippen molar-refractivity contribution in [3.05, 3.63) is 27.2 Å². The van der Waals surface area contributed by atoms with Crippen LogP contribution in [0.15, 0.2) is 0 Å². The van der Waals surface area contributed by atoms with E-state index < -0.39 is 5.97 Å². The molecule has 3 heterocycles. The van der Waals surface area contributed by atoms with Gasteiger partial charge in [0.1, 0.15) is 4.88 Å². The highest BCUT2D eigenvalue weighted by atomic mass is 35.5. The lowest BCUT2D eigenvalue weighted by Gasteiger charge is -2.45. The van der Waals surface area contributed by atoms with Gasteiger partial charge in [-0.3, -0.25) is 4.79 Å². The summed E-state index contributed by atoms with van der Waals surface area (Å²) in [6, 6.07) is 0.0312. The van der Waals surface area contributed by atoms with Crippen molar-refractivity contribution < 1.29 is 14.7 Å². The minimum Gasteiger partial charge on any atom is -0.477 e. The molecule has 0 aromatic carbocycles. The SMILES string of the molecule is CCCN(C(=O)c1nc(Cl)c(CC)[nH]1)C1CN(c2nc(CC)c(C(=O)O)s2)C1. The van der Waals surface area contributed by atoms with E-state index in [0.29, 0.717) is 53.3 Å². The van der Waals surface area contributed by atoms with Crippen molar-refractivity contribution in [1.29, 1.82) is 0 Å². The van der Waals surface area contributed by atoms with Gasteiger partial charge in [0.05, 0.1) is 17.4 Å². The quantitative estimate of drug-likeness (QED) is 0.673. The third-order valence-corrected chi connectivity index (χ3v) is 6.26. The van der Waals surface area contributed by atoms with Gasteiger partial charge in [-0.05, 0) is 19.3 Å². The van der Waals surface area contributed by atoms with Crippen LogP contribution in [0.5, 0.6) is 0 Å². The van der Waals surface area contributed by atoms with Gasteiger partial charge in [-0.1, -0.05) is 43.7 Å². The Morgan fingerprint density at radius 1 is 1.29 bits per heavy atom. The summed E-state index contributed by atoms with van der Waals surface area (Å²) in [6.45, 7) is 7.73. The summed E-state index contributed by atoms with van der Waals surface area (Å²) in [5.41, 5.74) is 1.36. The highest BCUT2D eigenvalue weighted by Crippen LogP contribution is 2.31. The third-order valence-electron chi connectivity index (χ3n) is 4.80. The van der Waals surface area contributed by atoms with E-state index in [1.165, 1.54) is 11.3 Å². The second kappa shape index (κ2) is 8.48. The van der Waals surface area contributed by atoms with E-state index in [-0.39, 0.29) is 17.8 Å². The Labute approximate surface area is 172 Å². The first-order valence-electron chi connectivity index (χ1n) is 9.42. The number of rotatable bonds is 8. The van der Waals surface area contributed by atoms with Crippen molar-refractivity contribution in [3.8, 4) is 0 Å². The first kappa shape index (κ1) is 20.6. The molecule has 0 aliphatic carbocycles. The minimum atomic E-state index is -0.943. The van der Waals surface area contributed by atoms with Crippen molar-refractivity contribution in [1.82, 2.24) is 19.9 Å². The van der Waals surface area contributed by atoms with Gasteiger partial charge in [-0.25, -0.2) is 14.8 Å². The monoisotopic (exact) mass is 425 g/mol. The molecule has 152 valence electrons. The van der Waals surface area contributed by atoms with Crippen LogP contribution in [0.4, 0.5) is 5.13 Å². The summed E-state index contributed by atoms with van der Waals surface area (Å²) in [6.07, 6.45) is 2.09. The van der Waals surface area contributed by atoms with Crippen LogP contribution in [0.2, 0.25) is 5.15 Å². The predicted octanol–water partition coefficient (Wildman–Crippen LogP) is 3.08. The Balaban J connectivity index is 1.72. The van der Waals surface area contributed by atoms with Crippen LogP contribution in [0.1, 0.15) is 58.9 Å². The molecular weight excluding hydrogens is 402 g/mol. The maximum Gasteiger partial charge on any atom is 0.347 e. The summed E-state index contributed by atoms with van der Waals surface area (Å²) in [5.74, 6) is -0.834. The molecule has 0 spiro atoms. The van der Waals surface area contributed by atoms with Crippen LogP contribution in [0.25, 0.3) is 0 Å². The molecule has 10 heteroatoms. The lowest BCUT2D eigenvalue weighted by atomic mass is 10.1. The maximum absolute atomic E-state index is 13.0. The average molecular weight is 426 g/mol. The second-order valence-corrected chi connectivity index (χ2v) is 8.03. The summed E-state index contributed by atoms with van der Waals surface area (Å²) < 4.78 is 0. The Morgan fingerprint density at radius 3 is 2.50 bits per heavy atom. The molecule has 2 aromatic heterocycles. The molecule has 2 aromatic rings. The minimum absolute atomic E-state index is 0.0312. The molecule has 0 unspecified atom stereocenters. The molecule has 3 rings (SSSR count). The topological polar surface area (TPSA) is 102 Å². The summed E-state index contributed by atoms with van der Waals surface area (Å²) >= 11 is 7.27. The second-order valence-electron chi connectivity index (χ2n) is 6.70.